The van der Waals surface area contributed by atoms with Gasteiger partial charge in [0.2, 0.25) is 5.62 Å². The highest BCUT2D eigenvalue weighted by atomic mass is 35.5. The molecule has 3 nitrogen and oxygen atoms in total. The molecule has 0 aromatic rings. The van der Waals surface area contributed by atoms with E-state index in [9.17, 15) is 0 Å². The zero-order chi connectivity index (χ0) is 8.27. The van der Waals surface area contributed by atoms with Crippen molar-refractivity contribution in [2.75, 3.05) is 6.54 Å². The maximum absolute atomic E-state index is 5.86. The maximum Gasteiger partial charge on any atom is 0.209 e. The van der Waals surface area contributed by atoms with E-state index in [1.165, 1.54) is 10.8 Å². The number of hydrazone groups is 1. The molecular weight excluding hydrogens is 185 g/mol. The molecule has 5 heteroatoms. The molecule has 0 bridgehead atoms. The standard InChI is InChI=1S/C6H11Cl2N3/c1-2-3-4-11-6(7)10(8)5-9-11/h5-6H,2-4H2,1H3. The Kier molecular flexibility index (Phi) is 3.27. The van der Waals surface area contributed by atoms with Gasteiger partial charge in [0.25, 0.3) is 0 Å². The SMILES string of the molecule is CCCCN1N=CN(Cl)C1Cl. The van der Waals surface area contributed by atoms with Gasteiger partial charge in [-0.05, 0) is 6.42 Å². The number of rotatable bonds is 3. The van der Waals surface area contributed by atoms with Crippen LogP contribution in [0.15, 0.2) is 5.10 Å². The van der Waals surface area contributed by atoms with Gasteiger partial charge in [-0.15, -0.1) is 0 Å². The highest BCUT2D eigenvalue weighted by molar-refractivity contribution is 6.28. The van der Waals surface area contributed by atoms with E-state index in [1.54, 1.807) is 5.01 Å². The van der Waals surface area contributed by atoms with Gasteiger partial charge in [0.15, 0.2) is 0 Å². The Hall–Kier alpha value is -0.150. The van der Waals surface area contributed by atoms with Gasteiger partial charge in [0, 0.05) is 18.3 Å². The van der Waals surface area contributed by atoms with E-state index >= 15 is 0 Å². The number of alkyl halides is 1. The summed E-state index contributed by atoms with van der Waals surface area (Å²) in [4.78, 5) is 0. The summed E-state index contributed by atoms with van der Waals surface area (Å²) in [5.74, 6) is 0. The van der Waals surface area contributed by atoms with Gasteiger partial charge < -0.3 is 0 Å². The van der Waals surface area contributed by atoms with E-state index < -0.39 is 0 Å². The second-order valence-corrected chi connectivity index (χ2v) is 3.18. The highest BCUT2D eigenvalue weighted by Gasteiger charge is 2.23. The van der Waals surface area contributed by atoms with Gasteiger partial charge in [-0.3, -0.25) is 5.01 Å². The highest BCUT2D eigenvalue weighted by Crippen LogP contribution is 2.18. The normalized spacial score (nSPS) is 23.4. The molecule has 1 aliphatic rings. The summed E-state index contributed by atoms with van der Waals surface area (Å²) in [5.41, 5.74) is -0.316. The molecule has 1 rings (SSSR count). The number of halogens is 2. The summed E-state index contributed by atoms with van der Waals surface area (Å²) in [7, 11) is 0. The fourth-order valence-electron chi connectivity index (χ4n) is 0.837. The third-order valence-electron chi connectivity index (χ3n) is 1.50. The maximum atomic E-state index is 5.86. The van der Waals surface area contributed by atoms with Crippen molar-refractivity contribution in [3.05, 3.63) is 0 Å². The second kappa shape index (κ2) is 4.02. The predicted octanol–water partition coefficient (Wildman–Crippen LogP) is 2.02. The topological polar surface area (TPSA) is 18.8 Å². The van der Waals surface area contributed by atoms with E-state index in [0.717, 1.165) is 19.4 Å². The third-order valence-corrected chi connectivity index (χ3v) is 2.31. The van der Waals surface area contributed by atoms with Crippen LogP contribution in [0, 0.1) is 0 Å². The Labute approximate surface area is 76.7 Å². The molecule has 11 heavy (non-hydrogen) atoms. The Morgan fingerprint density at radius 2 is 2.36 bits per heavy atom. The van der Waals surface area contributed by atoms with Crippen LogP contribution in [-0.4, -0.2) is 27.9 Å². The molecule has 1 aliphatic heterocycles. The zero-order valence-electron chi connectivity index (χ0n) is 6.37. The first-order valence-corrected chi connectivity index (χ1v) is 4.42. The summed E-state index contributed by atoms with van der Waals surface area (Å²) in [6.45, 7) is 2.99. The van der Waals surface area contributed by atoms with Crippen LogP contribution in [0.2, 0.25) is 0 Å². The van der Waals surface area contributed by atoms with Gasteiger partial charge in [0.1, 0.15) is 6.34 Å². The molecule has 0 aromatic heterocycles. The molecule has 0 radical (unpaired) electrons. The average molecular weight is 196 g/mol. The number of hydrogen-bond donors (Lipinski definition) is 0. The summed E-state index contributed by atoms with van der Waals surface area (Å²) in [5, 5.41) is 5.77. The van der Waals surface area contributed by atoms with E-state index in [4.69, 9.17) is 23.4 Å². The smallest absolute Gasteiger partial charge is 0.209 e. The number of hydrogen-bond acceptors (Lipinski definition) is 3. The molecule has 0 saturated heterocycles. The largest absolute Gasteiger partial charge is 0.258 e. The molecule has 0 fully saturated rings. The van der Waals surface area contributed by atoms with Crippen LogP contribution in [0.25, 0.3) is 0 Å². The molecule has 1 heterocycles. The van der Waals surface area contributed by atoms with Crippen LogP contribution >= 0.6 is 23.4 Å². The predicted molar refractivity (Wildman–Crippen MR) is 47.4 cm³/mol. The Morgan fingerprint density at radius 1 is 1.64 bits per heavy atom. The monoisotopic (exact) mass is 195 g/mol. The molecule has 0 amide bonds. The number of nitrogens with zero attached hydrogens (tertiary/aromatic N) is 3. The molecule has 0 aliphatic carbocycles. The third kappa shape index (κ3) is 2.14. The minimum atomic E-state index is -0.316. The van der Waals surface area contributed by atoms with Crippen LogP contribution in [0.1, 0.15) is 19.8 Å². The van der Waals surface area contributed by atoms with Gasteiger partial charge in [-0.25, -0.2) is 4.42 Å². The van der Waals surface area contributed by atoms with Gasteiger partial charge in [-0.2, -0.15) is 5.10 Å². The summed E-state index contributed by atoms with van der Waals surface area (Å²) in [6, 6.07) is 0. The minimum Gasteiger partial charge on any atom is -0.258 e. The summed E-state index contributed by atoms with van der Waals surface area (Å²) in [6.07, 6.45) is 3.75. The lowest BCUT2D eigenvalue weighted by Crippen LogP contribution is -2.29. The van der Waals surface area contributed by atoms with Crippen LogP contribution < -0.4 is 0 Å². The van der Waals surface area contributed by atoms with Crippen LogP contribution in [0.3, 0.4) is 0 Å². The first-order valence-electron chi connectivity index (χ1n) is 3.64. The number of unbranched alkanes of at least 4 members (excludes halogenated alkanes) is 1. The van der Waals surface area contributed by atoms with Crippen molar-refractivity contribution in [1.82, 2.24) is 9.43 Å². The molecule has 0 aromatic carbocycles. The van der Waals surface area contributed by atoms with Gasteiger partial charge in [-0.1, -0.05) is 24.9 Å². The summed E-state index contributed by atoms with van der Waals surface area (Å²) < 4.78 is 1.36. The molecule has 1 atom stereocenters. The molecule has 0 N–H and O–H groups in total. The van der Waals surface area contributed by atoms with Crippen LogP contribution in [0.5, 0.6) is 0 Å². The molecule has 64 valence electrons. The Balaban J connectivity index is 2.31. The fourth-order valence-corrected chi connectivity index (χ4v) is 1.18. The quantitative estimate of drug-likeness (QED) is 0.390. The van der Waals surface area contributed by atoms with Crippen molar-refractivity contribution in [2.45, 2.75) is 25.4 Å². The second-order valence-electron chi connectivity index (χ2n) is 2.40. The van der Waals surface area contributed by atoms with Crippen molar-refractivity contribution in [3.8, 4) is 0 Å². The lowest BCUT2D eigenvalue weighted by Gasteiger charge is -2.19. The lowest BCUT2D eigenvalue weighted by atomic mass is 10.3. The molecule has 0 saturated carbocycles. The van der Waals surface area contributed by atoms with Crippen molar-refractivity contribution < 1.29 is 0 Å². The average Bonchev–Trinajstić information content (AvgIpc) is 2.31. The first kappa shape index (κ1) is 8.94. The van der Waals surface area contributed by atoms with Gasteiger partial charge >= 0.3 is 0 Å². The fraction of sp³-hybridized carbons (Fsp3) is 0.833. The minimum absolute atomic E-state index is 0.316. The van der Waals surface area contributed by atoms with Crippen molar-refractivity contribution in [1.29, 1.82) is 0 Å². The van der Waals surface area contributed by atoms with Crippen LogP contribution in [-0.2, 0) is 0 Å². The molecule has 1 unspecified atom stereocenters. The van der Waals surface area contributed by atoms with Crippen molar-refractivity contribution in [3.63, 3.8) is 0 Å². The first-order chi connectivity index (χ1) is 5.25. The lowest BCUT2D eigenvalue weighted by molar-refractivity contribution is 0.240. The van der Waals surface area contributed by atoms with Crippen LogP contribution in [0.4, 0.5) is 0 Å². The van der Waals surface area contributed by atoms with Crippen molar-refractivity contribution in [2.24, 2.45) is 5.10 Å². The molecule has 0 spiro atoms. The van der Waals surface area contributed by atoms with E-state index in [1.807, 2.05) is 0 Å². The van der Waals surface area contributed by atoms with Gasteiger partial charge in [0.05, 0.1) is 0 Å². The summed E-state index contributed by atoms with van der Waals surface area (Å²) >= 11 is 11.5. The van der Waals surface area contributed by atoms with Crippen molar-refractivity contribution >= 4 is 29.7 Å². The van der Waals surface area contributed by atoms with E-state index in [0.29, 0.717) is 0 Å². The zero-order valence-corrected chi connectivity index (χ0v) is 7.89. The Morgan fingerprint density at radius 3 is 2.82 bits per heavy atom. The Bertz CT molecular complexity index is 151. The van der Waals surface area contributed by atoms with E-state index in [2.05, 4.69) is 12.0 Å². The van der Waals surface area contributed by atoms with E-state index in [-0.39, 0.29) is 5.62 Å². The molecular formula is C6H11Cl2N3.